The molecule has 10 nitrogen and oxygen atoms in total. The van der Waals surface area contributed by atoms with Crippen molar-refractivity contribution in [3.05, 3.63) is 36.5 Å². The molecule has 0 aromatic rings. The predicted molar refractivity (Wildman–Crippen MR) is 205 cm³/mol. The van der Waals surface area contributed by atoms with Crippen LogP contribution in [0.4, 0.5) is 0 Å². The number of phosphoric acid groups is 1. The third kappa shape index (κ3) is 36.3. The molecular weight excluding hydrogens is 671 g/mol. The Kier molecular flexibility index (Phi) is 35.2. The zero-order valence-corrected chi connectivity index (χ0v) is 33.0. The topological polar surface area (TPSA) is 149 Å². The van der Waals surface area contributed by atoms with Crippen molar-refractivity contribution < 1.29 is 47.8 Å². The van der Waals surface area contributed by atoms with Gasteiger partial charge in [0.2, 0.25) is 0 Å². The van der Waals surface area contributed by atoms with Gasteiger partial charge in [0.15, 0.2) is 6.10 Å². The molecule has 3 unspecified atom stereocenters. The third-order valence-corrected chi connectivity index (χ3v) is 9.20. The Labute approximate surface area is 310 Å². The van der Waals surface area contributed by atoms with Crippen LogP contribution in [-0.2, 0) is 32.7 Å². The molecule has 0 fully saturated rings. The molecule has 0 saturated heterocycles. The molecule has 0 bridgehead atoms. The number of hydrogen-bond donors (Lipinski definition) is 3. The normalized spacial score (nSPS) is 14.4. The van der Waals surface area contributed by atoms with Crippen LogP contribution in [0.5, 0.6) is 0 Å². The summed E-state index contributed by atoms with van der Waals surface area (Å²) in [5, 5.41) is 18.3. The highest BCUT2D eigenvalue weighted by Crippen LogP contribution is 2.43. The minimum atomic E-state index is -4.61. The monoisotopic (exact) mass is 744 g/mol. The van der Waals surface area contributed by atoms with Crippen LogP contribution in [0.1, 0.15) is 168 Å². The summed E-state index contributed by atoms with van der Waals surface area (Å²) in [4.78, 5) is 34.8. The summed E-state index contributed by atoms with van der Waals surface area (Å²) in [7, 11) is -4.61. The molecule has 3 N–H and O–H groups in total. The quantitative estimate of drug-likeness (QED) is 0.0243. The van der Waals surface area contributed by atoms with Gasteiger partial charge in [0.1, 0.15) is 12.7 Å². The third-order valence-electron chi connectivity index (χ3n) is 8.25. The molecule has 0 rings (SSSR count). The van der Waals surface area contributed by atoms with Crippen LogP contribution < -0.4 is 0 Å². The Morgan fingerprint density at radius 3 is 1.61 bits per heavy atom. The van der Waals surface area contributed by atoms with E-state index in [1.165, 1.54) is 44.9 Å². The van der Waals surface area contributed by atoms with E-state index in [1.807, 2.05) is 0 Å². The van der Waals surface area contributed by atoms with E-state index in [4.69, 9.17) is 19.1 Å². The fraction of sp³-hybridized carbons (Fsp3) is 0.800. The fourth-order valence-corrected chi connectivity index (χ4v) is 5.93. The van der Waals surface area contributed by atoms with Crippen molar-refractivity contribution in [1.82, 2.24) is 0 Å². The highest BCUT2D eigenvalue weighted by molar-refractivity contribution is 7.47. The molecule has 0 spiro atoms. The molecule has 0 amide bonds. The predicted octanol–water partition coefficient (Wildman–Crippen LogP) is 10.00. The van der Waals surface area contributed by atoms with Gasteiger partial charge in [-0.1, -0.05) is 127 Å². The lowest BCUT2D eigenvalue weighted by atomic mass is 10.1. The number of esters is 2. The van der Waals surface area contributed by atoms with Crippen molar-refractivity contribution in [1.29, 1.82) is 0 Å². The average molecular weight is 745 g/mol. The second-order valence-corrected chi connectivity index (χ2v) is 14.8. The van der Waals surface area contributed by atoms with Crippen LogP contribution in [0, 0.1) is 0 Å². The molecule has 298 valence electrons. The van der Waals surface area contributed by atoms with Crippen molar-refractivity contribution in [3.63, 3.8) is 0 Å². The van der Waals surface area contributed by atoms with E-state index in [0.29, 0.717) is 12.8 Å². The van der Waals surface area contributed by atoms with Gasteiger partial charge in [0, 0.05) is 12.8 Å². The second-order valence-electron chi connectivity index (χ2n) is 13.3. The van der Waals surface area contributed by atoms with Crippen LogP contribution in [0.25, 0.3) is 0 Å². The van der Waals surface area contributed by atoms with Gasteiger partial charge >= 0.3 is 19.8 Å². The lowest BCUT2D eigenvalue weighted by Crippen LogP contribution is -2.29. The van der Waals surface area contributed by atoms with E-state index < -0.39 is 51.8 Å². The Bertz CT molecular complexity index is 952. The molecule has 0 aliphatic carbocycles. The Morgan fingerprint density at radius 2 is 1.06 bits per heavy atom. The number of aliphatic hydroxyl groups excluding tert-OH is 2. The zero-order chi connectivity index (χ0) is 37.7. The van der Waals surface area contributed by atoms with Gasteiger partial charge in [-0.3, -0.25) is 18.6 Å². The van der Waals surface area contributed by atoms with Gasteiger partial charge < -0.3 is 24.6 Å². The zero-order valence-electron chi connectivity index (χ0n) is 32.1. The molecule has 51 heavy (non-hydrogen) atoms. The molecule has 0 aromatic carbocycles. The SMILES string of the molecule is CCC/C=C\CCCCCCCC(=O)OCC(COP(=O)(O)OCC(O)CO)OC(=O)CCCCCCCCC/C=C\C/C=C\CCCCCC. The Balaban J connectivity index is 4.33. The smallest absolute Gasteiger partial charge is 0.462 e. The van der Waals surface area contributed by atoms with E-state index in [9.17, 15) is 24.2 Å². The molecule has 0 aliphatic rings. The average Bonchev–Trinajstić information content (AvgIpc) is 3.12. The van der Waals surface area contributed by atoms with Gasteiger partial charge in [0.05, 0.1) is 19.8 Å². The van der Waals surface area contributed by atoms with E-state index >= 15 is 0 Å². The minimum Gasteiger partial charge on any atom is -0.462 e. The number of rotatable bonds is 37. The number of ether oxygens (including phenoxy) is 2. The first kappa shape index (κ1) is 49.2. The minimum absolute atomic E-state index is 0.173. The summed E-state index contributed by atoms with van der Waals surface area (Å²) in [6.45, 7) is 2.27. The van der Waals surface area contributed by atoms with Crippen LogP contribution >= 0.6 is 7.82 Å². The van der Waals surface area contributed by atoms with Crippen molar-refractivity contribution in [2.24, 2.45) is 0 Å². The summed E-state index contributed by atoms with van der Waals surface area (Å²) in [5.41, 5.74) is 0. The summed E-state index contributed by atoms with van der Waals surface area (Å²) in [5.74, 6) is -0.948. The Hall–Kier alpha value is -1.81. The van der Waals surface area contributed by atoms with E-state index in [1.54, 1.807) is 0 Å². The first-order chi connectivity index (χ1) is 24.7. The largest absolute Gasteiger partial charge is 0.472 e. The summed E-state index contributed by atoms with van der Waals surface area (Å²) >= 11 is 0. The summed E-state index contributed by atoms with van der Waals surface area (Å²) < 4.78 is 32.6. The maximum Gasteiger partial charge on any atom is 0.472 e. The highest BCUT2D eigenvalue weighted by Gasteiger charge is 2.27. The molecule has 0 radical (unpaired) electrons. The number of carbonyl (C=O) groups excluding carboxylic acids is 2. The molecule has 3 atom stereocenters. The number of unbranched alkanes of at least 4 members (excludes halogenated alkanes) is 17. The van der Waals surface area contributed by atoms with E-state index in [0.717, 1.165) is 83.5 Å². The van der Waals surface area contributed by atoms with Crippen LogP contribution in [0.3, 0.4) is 0 Å². The van der Waals surface area contributed by atoms with Gasteiger partial charge in [-0.05, 0) is 64.2 Å². The van der Waals surface area contributed by atoms with Crippen molar-refractivity contribution in [2.75, 3.05) is 26.4 Å². The number of allylic oxidation sites excluding steroid dienone is 6. The standard InChI is InChI=1S/C40H73O10P/c1-3-5-7-9-11-13-15-16-17-18-19-20-21-22-24-26-28-30-32-40(44)50-38(36-49-51(45,46)48-34-37(42)33-41)35-47-39(43)31-29-27-25-23-14-12-10-8-6-4-2/h8,10,13,15,17-18,37-38,41-42H,3-7,9,11-12,14,16,19-36H2,1-2H3,(H,45,46)/b10-8-,15-13-,18-17-. The number of phosphoric ester groups is 1. The maximum atomic E-state index is 12.6. The summed E-state index contributed by atoms with van der Waals surface area (Å²) in [6.07, 6.45) is 35.5. The first-order valence-electron chi connectivity index (χ1n) is 19.9. The number of carbonyl (C=O) groups is 2. The van der Waals surface area contributed by atoms with Crippen LogP contribution in [-0.4, -0.2) is 65.7 Å². The van der Waals surface area contributed by atoms with Crippen molar-refractivity contribution in [2.45, 2.75) is 180 Å². The van der Waals surface area contributed by atoms with Gasteiger partial charge in [-0.25, -0.2) is 4.57 Å². The van der Waals surface area contributed by atoms with Gasteiger partial charge in [-0.2, -0.15) is 0 Å². The number of hydrogen-bond acceptors (Lipinski definition) is 9. The molecule has 0 aliphatic heterocycles. The molecule has 11 heteroatoms. The van der Waals surface area contributed by atoms with Crippen molar-refractivity contribution >= 4 is 19.8 Å². The van der Waals surface area contributed by atoms with E-state index in [2.05, 4.69) is 54.8 Å². The van der Waals surface area contributed by atoms with Gasteiger partial charge in [0.25, 0.3) is 0 Å². The molecule has 0 saturated carbocycles. The number of aliphatic hydroxyl groups is 2. The Morgan fingerprint density at radius 1 is 0.588 bits per heavy atom. The summed E-state index contributed by atoms with van der Waals surface area (Å²) in [6, 6.07) is 0. The van der Waals surface area contributed by atoms with E-state index in [-0.39, 0.29) is 19.4 Å². The lowest BCUT2D eigenvalue weighted by Gasteiger charge is -2.20. The fourth-order valence-electron chi connectivity index (χ4n) is 5.14. The molecule has 0 heterocycles. The maximum absolute atomic E-state index is 12.6. The second kappa shape index (κ2) is 36.5. The van der Waals surface area contributed by atoms with Crippen LogP contribution in [0.2, 0.25) is 0 Å². The molecular formula is C40H73O10P. The van der Waals surface area contributed by atoms with Crippen molar-refractivity contribution in [3.8, 4) is 0 Å². The van der Waals surface area contributed by atoms with Crippen LogP contribution in [0.15, 0.2) is 36.5 Å². The first-order valence-corrected chi connectivity index (χ1v) is 21.4. The molecule has 0 aromatic heterocycles. The van der Waals surface area contributed by atoms with Gasteiger partial charge in [-0.15, -0.1) is 0 Å². The highest BCUT2D eigenvalue weighted by atomic mass is 31.2. The lowest BCUT2D eigenvalue weighted by molar-refractivity contribution is -0.161.